The molecule has 122 valence electrons. The Morgan fingerprint density at radius 3 is 2.79 bits per heavy atom. The lowest BCUT2D eigenvalue weighted by Crippen LogP contribution is -2.42. The molecular formula is C17H12Cl2N2O2S. The summed E-state index contributed by atoms with van der Waals surface area (Å²) in [4.78, 5) is 27.0. The fraction of sp³-hybridized carbons (Fsp3) is 0.176. The van der Waals surface area contributed by atoms with Crippen molar-refractivity contribution in [2.45, 2.75) is 11.4 Å². The van der Waals surface area contributed by atoms with E-state index in [0.29, 0.717) is 27.0 Å². The number of hydrogen-bond acceptors (Lipinski definition) is 3. The van der Waals surface area contributed by atoms with Gasteiger partial charge in [-0.3, -0.25) is 9.59 Å². The summed E-state index contributed by atoms with van der Waals surface area (Å²) in [6.07, 6.45) is 0. The second-order valence-corrected chi connectivity index (χ2v) is 7.57. The smallest absolute Gasteiger partial charge is 0.256 e. The fourth-order valence-electron chi connectivity index (χ4n) is 3.05. The molecular weight excluding hydrogens is 367 g/mol. The lowest BCUT2D eigenvalue weighted by molar-refractivity contribution is -0.119. The fourth-order valence-corrected chi connectivity index (χ4v) is 4.97. The van der Waals surface area contributed by atoms with Crippen molar-refractivity contribution >= 4 is 52.5 Å². The molecule has 2 unspecified atom stereocenters. The lowest BCUT2D eigenvalue weighted by atomic mass is 10.1. The van der Waals surface area contributed by atoms with Gasteiger partial charge in [0, 0.05) is 16.3 Å². The average Bonchev–Trinajstić information content (AvgIpc) is 3.11. The minimum atomic E-state index is -0.522. The molecule has 0 radical (unpaired) electrons. The first kappa shape index (κ1) is 15.8. The zero-order valence-corrected chi connectivity index (χ0v) is 14.7. The number of anilines is 1. The third kappa shape index (κ3) is 2.48. The van der Waals surface area contributed by atoms with E-state index in [4.69, 9.17) is 23.2 Å². The Morgan fingerprint density at radius 2 is 2.00 bits per heavy atom. The summed E-state index contributed by atoms with van der Waals surface area (Å²) in [6.45, 7) is 0. The van der Waals surface area contributed by atoms with E-state index in [2.05, 4.69) is 5.32 Å². The number of hydrogen-bond donors (Lipinski definition) is 1. The summed E-state index contributed by atoms with van der Waals surface area (Å²) in [5.74, 6) is 0.222. The number of rotatable bonds is 2. The van der Waals surface area contributed by atoms with Gasteiger partial charge in [-0.25, -0.2) is 0 Å². The van der Waals surface area contributed by atoms with E-state index in [1.54, 1.807) is 34.9 Å². The summed E-state index contributed by atoms with van der Waals surface area (Å²) in [5.41, 5.74) is 2.15. The van der Waals surface area contributed by atoms with E-state index in [9.17, 15) is 9.59 Å². The van der Waals surface area contributed by atoms with Crippen LogP contribution in [0.1, 0.15) is 21.3 Å². The summed E-state index contributed by atoms with van der Waals surface area (Å²) in [7, 11) is 0. The molecule has 1 saturated heterocycles. The quantitative estimate of drug-likeness (QED) is 0.851. The van der Waals surface area contributed by atoms with Crippen LogP contribution in [-0.2, 0) is 4.79 Å². The normalized spacial score (nSPS) is 21.6. The van der Waals surface area contributed by atoms with Gasteiger partial charge in [0.15, 0.2) is 0 Å². The highest BCUT2D eigenvalue weighted by Crippen LogP contribution is 2.48. The second-order valence-electron chi connectivity index (χ2n) is 5.61. The van der Waals surface area contributed by atoms with Crippen molar-refractivity contribution in [2.24, 2.45) is 0 Å². The largest absolute Gasteiger partial charge is 0.323 e. The number of amides is 2. The summed E-state index contributed by atoms with van der Waals surface area (Å²) in [5, 5.41) is 3.58. The van der Waals surface area contributed by atoms with E-state index in [1.807, 2.05) is 24.3 Å². The SMILES string of the molecule is O=C(Nc1ccc(Cl)cc1Cl)C1CSC2c3ccccc3C(=O)N12. The van der Waals surface area contributed by atoms with Gasteiger partial charge in [-0.05, 0) is 29.8 Å². The number of nitrogens with zero attached hydrogens (tertiary/aromatic N) is 1. The van der Waals surface area contributed by atoms with E-state index >= 15 is 0 Å². The molecule has 2 heterocycles. The highest BCUT2D eigenvalue weighted by atomic mass is 35.5. The number of nitrogens with one attached hydrogen (secondary N) is 1. The number of carbonyl (C=O) groups is 2. The minimum Gasteiger partial charge on any atom is -0.323 e. The summed E-state index contributed by atoms with van der Waals surface area (Å²) < 4.78 is 0. The van der Waals surface area contributed by atoms with Crippen LogP contribution in [0.5, 0.6) is 0 Å². The molecule has 0 aromatic heterocycles. The van der Waals surface area contributed by atoms with Crippen molar-refractivity contribution < 1.29 is 9.59 Å². The van der Waals surface area contributed by atoms with Gasteiger partial charge in [0.05, 0.1) is 10.7 Å². The van der Waals surface area contributed by atoms with Crippen LogP contribution in [0, 0.1) is 0 Å². The maximum Gasteiger partial charge on any atom is 0.256 e. The van der Waals surface area contributed by atoms with Crippen molar-refractivity contribution in [1.29, 1.82) is 0 Å². The van der Waals surface area contributed by atoms with Crippen molar-refractivity contribution in [3.05, 3.63) is 63.6 Å². The van der Waals surface area contributed by atoms with Crippen molar-refractivity contribution in [3.63, 3.8) is 0 Å². The standard InChI is InChI=1S/C17H12Cl2N2O2S/c18-9-5-6-13(12(19)7-9)20-15(22)14-8-24-17-11-4-2-1-3-10(11)16(23)21(14)17/h1-7,14,17H,8H2,(H,20,22). The van der Waals surface area contributed by atoms with Gasteiger partial charge in [0.2, 0.25) is 5.91 Å². The van der Waals surface area contributed by atoms with Gasteiger partial charge in [0.1, 0.15) is 11.4 Å². The highest BCUT2D eigenvalue weighted by Gasteiger charge is 2.48. The van der Waals surface area contributed by atoms with E-state index < -0.39 is 6.04 Å². The molecule has 0 saturated carbocycles. The van der Waals surface area contributed by atoms with Crippen molar-refractivity contribution in [2.75, 3.05) is 11.1 Å². The molecule has 0 aliphatic carbocycles. The molecule has 7 heteroatoms. The monoisotopic (exact) mass is 378 g/mol. The number of benzene rings is 2. The molecule has 2 aliphatic rings. The Bertz CT molecular complexity index is 858. The third-order valence-corrected chi connectivity index (χ3v) is 6.04. The molecule has 2 aliphatic heterocycles. The number of carbonyl (C=O) groups excluding carboxylic acids is 2. The number of fused-ring (bicyclic) bond motifs is 3. The van der Waals surface area contributed by atoms with Gasteiger partial charge in [0.25, 0.3) is 5.91 Å². The highest BCUT2D eigenvalue weighted by molar-refractivity contribution is 7.99. The molecule has 2 atom stereocenters. The molecule has 1 N–H and O–H groups in total. The third-order valence-electron chi connectivity index (χ3n) is 4.18. The zero-order chi connectivity index (χ0) is 16.8. The maximum absolute atomic E-state index is 12.7. The average molecular weight is 379 g/mol. The molecule has 2 aromatic rings. The van der Waals surface area contributed by atoms with Crippen LogP contribution in [0.3, 0.4) is 0 Å². The molecule has 4 rings (SSSR count). The molecule has 0 bridgehead atoms. The topological polar surface area (TPSA) is 49.4 Å². The Hall–Kier alpha value is -1.69. The molecule has 2 amide bonds. The Kier molecular flexibility index (Phi) is 3.95. The zero-order valence-electron chi connectivity index (χ0n) is 12.3. The molecule has 2 aromatic carbocycles. The molecule has 1 fully saturated rings. The van der Waals surface area contributed by atoms with Gasteiger partial charge in [-0.1, -0.05) is 41.4 Å². The van der Waals surface area contributed by atoms with Gasteiger partial charge in [-0.15, -0.1) is 11.8 Å². The van der Waals surface area contributed by atoms with Gasteiger partial charge in [-0.2, -0.15) is 0 Å². The lowest BCUT2D eigenvalue weighted by Gasteiger charge is -2.22. The van der Waals surface area contributed by atoms with Crippen LogP contribution in [0.4, 0.5) is 5.69 Å². The molecule has 4 nitrogen and oxygen atoms in total. The number of thioether (sulfide) groups is 1. The second kappa shape index (κ2) is 5.99. The first-order valence-corrected chi connectivity index (χ1v) is 9.16. The van der Waals surface area contributed by atoms with E-state index in [-0.39, 0.29) is 17.2 Å². The van der Waals surface area contributed by atoms with Gasteiger partial charge < -0.3 is 10.2 Å². The Labute approximate surface area is 153 Å². The minimum absolute atomic E-state index is 0.0925. The van der Waals surface area contributed by atoms with E-state index in [0.717, 1.165) is 5.56 Å². The van der Waals surface area contributed by atoms with Crippen LogP contribution >= 0.6 is 35.0 Å². The molecule has 0 spiro atoms. The van der Waals surface area contributed by atoms with Crippen LogP contribution in [0.2, 0.25) is 10.0 Å². The predicted molar refractivity (Wildman–Crippen MR) is 96.7 cm³/mol. The van der Waals surface area contributed by atoms with Crippen molar-refractivity contribution in [1.82, 2.24) is 4.90 Å². The van der Waals surface area contributed by atoms with Crippen LogP contribution in [0.15, 0.2) is 42.5 Å². The summed E-state index contributed by atoms with van der Waals surface area (Å²) >= 11 is 13.6. The number of halogens is 2. The van der Waals surface area contributed by atoms with E-state index in [1.165, 1.54) is 0 Å². The maximum atomic E-state index is 12.7. The Balaban J connectivity index is 1.58. The van der Waals surface area contributed by atoms with Crippen molar-refractivity contribution in [3.8, 4) is 0 Å². The molecule has 24 heavy (non-hydrogen) atoms. The predicted octanol–water partition coefficient (Wildman–Crippen LogP) is 4.20. The first-order chi connectivity index (χ1) is 11.6. The van der Waals surface area contributed by atoms with Crippen LogP contribution in [-0.4, -0.2) is 28.5 Å². The van der Waals surface area contributed by atoms with Crippen LogP contribution < -0.4 is 5.32 Å². The summed E-state index contributed by atoms with van der Waals surface area (Å²) in [6, 6.07) is 11.9. The van der Waals surface area contributed by atoms with Crippen LogP contribution in [0.25, 0.3) is 0 Å². The van der Waals surface area contributed by atoms with Gasteiger partial charge >= 0.3 is 0 Å². The first-order valence-electron chi connectivity index (χ1n) is 7.35. The Morgan fingerprint density at radius 1 is 1.21 bits per heavy atom.